The molecule has 146 valence electrons. The number of carbonyl (C=O) groups is 1. The third-order valence-corrected chi connectivity index (χ3v) is 4.34. The molecule has 0 aliphatic rings. The summed E-state index contributed by atoms with van der Waals surface area (Å²) in [6.45, 7) is 4.30. The van der Waals surface area contributed by atoms with Crippen LogP contribution in [0.1, 0.15) is 47.1 Å². The predicted molar refractivity (Wildman–Crippen MR) is 105 cm³/mol. The third kappa shape index (κ3) is 4.31. The number of rotatable bonds is 7. The van der Waals surface area contributed by atoms with Gasteiger partial charge >= 0.3 is 6.01 Å². The first-order chi connectivity index (χ1) is 13.5. The van der Waals surface area contributed by atoms with Crippen LogP contribution in [-0.4, -0.2) is 30.3 Å². The zero-order chi connectivity index (χ0) is 20.1. The lowest BCUT2D eigenvalue weighted by atomic mass is 10.0. The van der Waals surface area contributed by atoms with Crippen molar-refractivity contribution in [3.8, 4) is 11.5 Å². The molecule has 1 amide bonds. The smallest absolute Gasteiger partial charge is 0.322 e. The third-order valence-electron chi connectivity index (χ3n) is 4.34. The molecule has 0 unspecified atom stereocenters. The van der Waals surface area contributed by atoms with E-state index in [-0.39, 0.29) is 6.01 Å². The first kappa shape index (κ1) is 19.4. The summed E-state index contributed by atoms with van der Waals surface area (Å²) in [5, 5.41) is 10.5. The van der Waals surface area contributed by atoms with Crippen LogP contribution in [0.3, 0.4) is 0 Å². The van der Waals surface area contributed by atoms with E-state index in [9.17, 15) is 4.79 Å². The Morgan fingerprint density at radius 2 is 1.82 bits per heavy atom. The number of methoxy groups -OCH3 is 2. The average Bonchev–Trinajstić information content (AvgIpc) is 3.14. The molecular weight excluding hydrogens is 358 g/mol. The molecular formula is C21H23N3O4. The fourth-order valence-corrected chi connectivity index (χ4v) is 2.80. The number of para-hydroxylation sites is 1. The molecule has 0 atom stereocenters. The Balaban J connectivity index is 1.70. The zero-order valence-electron chi connectivity index (χ0n) is 16.4. The van der Waals surface area contributed by atoms with E-state index in [4.69, 9.17) is 13.9 Å². The van der Waals surface area contributed by atoms with Crippen LogP contribution < -0.4 is 14.8 Å². The molecule has 1 heterocycles. The highest BCUT2D eigenvalue weighted by molar-refractivity contribution is 6.05. The standard InChI is InChI=1S/C21H23N3O4/c1-13(2)15-10-8-14(9-11-15)12-18-23-24-21(28-18)22-20(25)16-6-5-7-17(26-3)19(16)27-4/h5-11,13H,12H2,1-4H3,(H,22,24,25). The van der Waals surface area contributed by atoms with Gasteiger partial charge in [0.2, 0.25) is 5.89 Å². The Labute approximate surface area is 163 Å². The molecule has 0 spiro atoms. The molecule has 1 N–H and O–H groups in total. The number of carbonyl (C=O) groups excluding carboxylic acids is 1. The molecule has 0 saturated carbocycles. The summed E-state index contributed by atoms with van der Waals surface area (Å²) in [5.41, 5.74) is 2.64. The van der Waals surface area contributed by atoms with Crippen LogP contribution in [0.25, 0.3) is 0 Å². The molecule has 0 saturated heterocycles. The summed E-state index contributed by atoms with van der Waals surface area (Å²) in [6.07, 6.45) is 0.490. The second-order valence-electron chi connectivity index (χ2n) is 6.57. The number of hydrogen-bond donors (Lipinski definition) is 1. The quantitative estimate of drug-likeness (QED) is 0.664. The van der Waals surface area contributed by atoms with Gasteiger partial charge in [0.25, 0.3) is 5.91 Å². The lowest BCUT2D eigenvalue weighted by Crippen LogP contribution is -2.13. The Morgan fingerprint density at radius 1 is 1.07 bits per heavy atom. The SMILES string of the molecule is COc1cccc(C(=O)Nc2nnc(Cc3ccc(C(C)C)cc3)o2)c1OC. The minimum Gasteiger partial charge on any atom is -0.493 e. The van der Waals surface area contributed by atoms with E-state index in [0.29, 0.717) is 35.3 Å². The summed E-state index contributed by atoms with van der Waals surface area (Å²) in [5.74, 6) is 1.28. The Morgan fingerprint density at radius 3 is 2.46 bits per heavy atom. The highest BCUT2D eigenvalue weighted by Gasteiger charge is 2.18. The second-order valence-corrected chi connectivity index (χ2v) is 6.57. The molecule has 0 aliphatic heterocycles. The number of anilines is 1. The number of nitrogens with zero attached hydrogens (tertiary/aromatic N) is 2. The Hall–Kier alpha value is -3.35. The van der Waals surface area contributed by atoms with Crippen molar-refractivity contribution in [2.45, 2.75) is 26.2 Å². The van der Waals surface area contributed by atoms with Crippen molar-refractivity contribution in [2.75, 3.05) is 19.5 Å². The van der Waals surface area contributed by atoms with E-state index in [0.717, 1.165) is 5.56 Å². The summed E-state index contributed by atoms with van der Waals surface area (Å²) in [6, 6.07) is 13.3. The first-order valence-corrected chi connectivity index (χ1v) is 8.95. The molecule has 0 radical (unpaired) electrons. The summed E-state index contributed by atoms with van der Waals surface area (Å²) in [4.78, 5) is 12.6. The van der Waals surface area contributed by atoms with Crippen molar-refractivity contribution in [3.63, 3.8) is 0 Å². The zero-order valence-corrected chi connectivity index (χ0v) is 16.4. The monoisotopic (exact) mass is 381 g/mol. The van der Waals surface area contributed by atoms with Gasteiger partial charge in [0, 0.05) is 0 Å². The summed E-state index contributed by atoms with van der Waals surface area (Å²) in [7, 11) is 2.99. The van der Waals surface area contributed by atoms with Crippen LogP contribution in [0.2, 0.25) is 0 Å². The molecule has 0 fully saturated rings. The van der Waals surface area contributed by atoms with Crippen LogP contribution >= 0.6 is 0 Å². The topological polar surface area (TPSA) is 86.5 Å². The lowest BCUT2D eigenvalue weighted by molar-refractivity contribution is 0.102. The molecule has 7 heteroatoms. The van der Waals surface area contributed by atoms with Crippen molar-refractivity contribution in [3.05, 3.63) is 65.0 Å². The molecule has 0 bridgehead atoms. The Kier molecular flexibility index (Phi) is 5.93. The summed E-state index contributed by atoms with van der Waals surface area (Å²) >= 11 is 0. The number of aromatic nitrogens is 2. The van der Waals surface area contributed by atoms with E-state index in [1.54, 1.807) is 18.2 Å². The van der Waals surface area contributed by atoms with Gasteiger partial charge in [-0.05, 0) is 29.2 Å². The van der Waals surface area contributed by atoms with Gasteiger partial charge in [0.05, 0.1) is 26.2 Å². The highest BCUT2D eigenvalue weighted by atomic mass is 16.5. The van der Waals surface area contributed by atoms with Crippen LogP contribution in [0.5, 0.6) is 11.5 Å². The fraction of sp³-hybridized carbons (Fsp3) is 0.286. The Bertz CT molecular complexity index is 949. The van der Waals surface area contributed by atoms with Crippen molar-refractivity contribution >= 4 is 11.9 Å². The predicted octanol–water partition coefficient (Wildman–Crippen LogP) is 4.05. The van der Waals surface area contributed by atoms with Crippen LogP contribution in [-0.2, 0) is 6.42 Å². The average molecular weight is 381 g/mol. The van der Waals surface area contributed by atoms with Crippen LogP contribution in [0, 0.1) is 0 Å². The van der Waals surface area contributed by atoms with Crippen LogP contribution in [0.4, 0.5) is 6.01 Å². The molecule has 3 rings (SSSR count). The van der Waals surface area contributed by atoms with Gasteiger partial charge in [0.1, 0.15) is 0 Å². The van der Waals surface area contributed by atoms with Crippen molar-refractivity contribution in [2.24, 2.45) is 0 Å². The molecule has 1 aromatic heterocycles. The molecule has 28 heavy (non-hydrogen) atoms. The number of ether oxygens (including phenoxy) is 2. The number of benzene rings is 2. The highest BCUT2D eigenvalue weighted by Crippen LogP contribution is 2.31. The van der Waals surface area contributed by atoms with Crippen molar-refractivity contribution < 1.29 is 18.7 Å². The largest absolute Gasteiger partial charge is 0.493 e. The number of hydrogen-bond acceptors (Lipinski definition) is 6. The maximum atomic E-state index is 12.6. The summed E-state index contributed by atoms with van der Waals surface area (Å²) < 4.78 is 16.1. The minimum atomic E-state index is -0.424. The maximum Gasteiger partial charge on any atom is 0.322 e. The normalized spacial score (nSPS) is 10.8. The van der Waals surface area contributed by atoms with Crippen molar-refractivity contribution in [1.82, 2.24) is 10.2 Å². The van der Waals surface area contributed by atoms with Gasteiger partial charge in [-0.1, -0.05) is 49.3 Å². The minimum absolute atomic E-state index is 0.0312. The first-order valence-electron chi connectivity index (χ1n) is 8.95. The van der Waals surface area contributed by atoms with Gasteiger partial charge in [-0.2, -0.15) is 0 Å². The van der Waals surface area contributed by atoms with E-state index in [2.05, 4.69) is 41.5 Å². The van der Waals surface area contributed by atoms with Gasteiger partial charge in [-0.25, -0.2) is 0 Å². The van der Waals surface area contributed by atoms with Gasteiger partial charge in [-0.15, -0.1) is 5.10 Å². The lowest BCUT2D eigenvalue weighted by Gasteiger charge is -2.11. The number of nitrogens with one attached hydrogen (secondary N) is 1. The molecule has 7 nitrogen and oxygen atoms in total. The molecule has 2 aromatic carbocycles. The van der Waals surface area contributed by atoms with E-state index >= 15 is 0 Å². The molecule has 3 aromatic rings. The van der Waals surface area contributed by atoms with Gasteiger partial charge < -0.3 is 13.9 Å². The van der Waals surface area contributed by atoms with Crippen molar-refractivity contribution in [1.29, 1.82) is 0 Å². The van der Waals surface area contributed by atoms with E-state index < -0.39 is 5.91 Å². The van der Waals surface area contributed by atoms with Gasteiger partial charge in [-0.3, -0.25) is 10.1 Å². The van der Waals surface area contributed by atoms with E-state index in [1.165, 1.54) is 19.8 Å². The second kappa shape index (κ2) is 8.56. The van der Waals surface area contributed by atoms with Crippen LogP contribution in [0.15, 0.2) is 46.9 Å². The van der Waals surface area contributed by atoms with Gasteiger partial charge in [0.15, 0.2) is 11.5 Å². The fourth-order valence-electron chi connectivity index (χ4n) is 2.80. The number of amides is 1. The van der Waals surface area contributed by atoms with E-state index in [1.807, 2.05) is 12.1 Å². The molecule has 0 aliphatic carbocycles. The maximum absolute atomic E-state index is 12.6.